The molecule has 14 aromatic carbocycles. The lowest BCUT2D eigenvalue weighted by molar-refractivity contribution is -0.384. The summed E-state index contributed by atoms with van der Waals surface area (Å²) in [6.07, 6.45) is 1.08. The molecule has 0 aromatic heterocycles. The van der Waals surface area contributed by atoms with Crippen LogP contribution in [-0.2, 0) is 4.74 Å². The number of carbonyl (C=O) groups excluding carboxylic acids is 3. The number of anilines is 6. The third-order valence-corrected chi connectivity index (χ3v) is 18.5. The maximum atomic E-state index is 12.7. The number of nitrogens with one attached hydrogen (secondary N) is 6. The number of nitro benzene ring substituents is 1. The number of nitro groups is 1. The van der Waals surface area contributed by atoms with Crippen molar-refractivity contribution in [1.29, 1.82) is 0 Å². The highest BCUT2D eigenvalue weighted by molar-refractivity contribution is 6.34. The molecule has 556 valence electrons. The number of ether oxygens (including phenoxy) is 4. The first-order valence-corrected chi connectivity index (χ1v) is 36.2. The Balaban J connectivity index is 0.000000174. The Labute approximate surface area is 651 Å². The minimum absolute atomic E-state index is 0. The van der Waals surface area contributed by atoms with Gasteiger partial charge in [-0.3, -0.25) is 19.9 Å². The summed E-state index contributed by atoms with van der Waals surface area (Å²) < 4.78 is 23.0. The summed E-state index contributed by atoms with van der Waals surface area (Å²) in [6, 6.07) is 99.3. The molecule has 0 fully saturated rings. The number of hydrogen-bond acceptors (Lipinski definition) is 13. The fourth-order valence-electron chi connectivity index (χ4n) is 12.4. The van der Waals surface area contributed by atoms with E-state index in [1.807, 2.05) is 133 Å². The Hall–Kier alpha value is -13.5. The quantitative estimate of drug-likeness (QED) is 0.0241. The third-order valence-electron chi connectivity index (χ3n) is 17.8. The van der Waals surface area contributed by atoms with Crippen molar-refractivity contribution in [2.45, 2.75) is 24.9 Å². The first kappa shape index (κ1) is 74.7. The third kappa shape index (κ3) is 20.3. The van der Waals surface area contributed by atoms with Gasteiger partial charge >= 0.3 is 12.1 Å². The Morgan fingerprint density at radius 1 is 0.464 bits per heavy atom. The van der Waals surface area contributed by atoms with E-state index in [2.05, 4.69) is 92.6 Å². The molecule has 2 aliphatic heterocycles. The molecule has 14 aromatic rings. The van der Waals surface area contributed by atoms with E-state index in [-0.39, 0.29) is 39.9 Å². The zero-order chi connectivity index (χ0) is 76.0. The average Bonchev–Trinajstić information content (AvgIpc) is 0.867. The summed E-state index contributed by atoms with van der Waals surface area (Å²) in [5.74, 6) is 3.25. The molecule has 0 saturated heterocycles. The van der Waals surface area contributed by atoms with Crippen molar-refractivity contribution in [3.05, 3.63) is 364 Å². The fraction of sp³-hybridized carbons (Fsp3) is 0.0889. The number of Topliss-reactive ketones (excluding diaryl/α,β-unsaturated/α-hetero) is 1. The normalized spacial score (nSPS) is 13.1. The summed E-state index contributed by atoms with van der Waals surface area (Å²) in [4.78, 5) is 52.4. The van der Waals surface area contributed by atoms with Crippen molar-refractivity contribution < 1.29 is 49.1 Å². The number of hydrogen-bond donors (Lipinski definition) is 7. The van der Waals surface area contributed by atoms with Crippen LogP contribution in [0.4, 0.5) is 55.1 Å². The van der Waals surface area contributed by atoms with Crippen molar-refractivity contribution in [3.63, 3.8) is 0 Å². The van der Waals surface area contributed by atoms with Crippen LogP contribution >= 0.6 is 23.2 Å². The largest absolute Gasteiger partial charge is 0.508 e. The van der Waals surface area contributed by atoms with Gasteiger partial charge in [0.15, 0.2) is 5.78 Å². The van der Waals surface area contributed by atoms with Gasteiger partial charge in [-0.1, -0.05) is 205 Å². The summed E-state index contributed by atoms with van der Waals surface area (Å²) in [5.41, 5.74) is 9.80. The van der Waals surface area contributed by atoms with Gasteiger partial charge in [-0.25, -0.2) is 9.59 Å². The zero-order valence-electron chi connectivity index (χ0n) is 59.3. The lowest BCUT2D eigenvalue weighted by Gasteiger charge is -2.27. The molecule has 2 heterocycles. The number of carbonyl (C=O) groups is 3. The van der Waals surface area contributed by atoms with Crippen LogP contribution in [0.3, 0.4) is 0 Å². The van der Waals surface area contributed by atoms with Crippen LogP contribution in [0.5, 0.6) is 28.7 Å². The number of urea groups is 2. The van der Waals surface area contributed by atoms with Crippen molar-refractivity contribution >= 4 is 125 Å². The van der Waals surface area contributed by atoms with Gasteiger partial charge in [0, 0.05) is 53.3 Å². The van der Waals surface area contributed by atoms with E-state index in [0.717, 1.165) is 67.3 Å². The van der Waals surface area contributed by atoms with Crippen LogP contribution in [0.25, 0.3) is 32.3 Å². The zero-order valence-corrected chi connectivity index (χ0v) is 60.8. The number of aromatic hydroxyl groups is 1. The van der Waals surface area contributed by atoms with E-state index in [4.69, 9.17) is 47.1 Å². The summed E-state index contributed by atoms with van der Waals surface area (Å²) in [5, 5.41) is 46.1. The minimum atomic E-state index is -0.409. The molecule has 4 amide bonds. The number of benzene rings is 14. The van der Waals surface area contributed by atoms with Crippen molar-refractivity contribution in [1.82, 2.24) is 0 Å². The molecule has 2 unspecified atom stereocenters. The number of ketones is 1. The van der Waals surface area contributed by atoms with Gasteiger partial charge in [0.2, 0.25) is 0 Å². The topological polar surface area (TPSA) is 236 Å². The average molecular weight is 1510 g/mol. The Morgan fingerprint density at radius 2 is 0.955 bits per heavy atom. The number of halogens is 2. The van der Waals surface area contributed by atoms with Crippen molar-refractivity contribution in [2.24, 2.45) is 4.99 Å². The monoisotopic (exact) mass is 1500 g/mol. The van der Waals surface area contributed by atoms with E-state index in [9.17, 15) is 29.6 Å². The van der Waals surface area contributed by atoms with Gasteiger partial charge in [0.25, 0.3) is 5.69 Å². The Bertz CT molecular complexity index is 5420. The molecular weight excluding hydrogens is 1420 g/mol. The summed E-state index contributed by atoms with van der Waals surface area (Å²) in [6.45, 7) is 2.12. The van der Waals surface area contributed by atoms with Crippen LogP contribution in [-0.4, -0.2) is 60.0 Å². The number of phenols is 1. The van der Waals surface area contributed by atoms with E-state index < -0.39 is 12.1 Å². The number of fused-ring (bicyclic) bond motifs is 6. The minimum Gasteiger partial charge on any atom is -0.508 e. The number of non-ortho nitro benzene ring substituents is 1. The van der Waals surface area contributed by atoms with E-state index >= 15 is 0 Å². The molecule has 0 radical (unpaired) electrons. The molecule has 18 nitrogen and oxygen atoms in total. The smallest absolute Gasteiger partial charge is 0.323 e. The van der Waals surface area contributed by atoms with Gasteiger partial charge in [-0.15, -0.1) is 0 Å². The summed E-state index contributed by atoms with van der Waals surface area (Å²) >= 11 is 12.1. The molecule has 16 rings (SSSR count). The predicted octanol–water partition coefficient (Wildman–Crippen LogP) is 24.1. The second-order valence-corrected chi connectivity index (χ2v) is 26.2. The van der Waals surface area contributed by atoms with Crippen LogP contribution in [0.1, 0.15) is 57.7 Å². The maximum absolute atomic E-state index is 12.7. The standard InChI is InChI=1S/C26H20Cl2N4O3.C24H22O3.C21H17N3O2.C19H15NO2.4H2/c27-21-5-1-3-7-23(21)31-25(33)29-17-9-13-19(14-10-17)35-20-15-11-18(12-16-20)30-26(34)32-24-8-4-2-6-22(24)28;1-3-7-21-17-23(11-9-19(21)5-1)26-15-13-25-14-16-27-24-12-10-20-6-2-4-8-22(20)18-24;25-24(26)17-12-10-16(11-13-17)21-14-20(15-6-2-1-3-7-15)22-18-8-4-5-9-19(18)23-21;21-14-6-3-5-13(10-14)17-11-18(22)19-15-7-2-1-4-12(15)8-9-16(19)20-17;;;;/h1-16H,(H2,29,31,33)(H2,30,32,34);1-12,17-18H,13-16H2;1-13,21,23H,14H2;1-10,17,20-21H,11H2;4*1H. The van der Waals surface area contributed by atoms with Crippen molar-refractivity contribution in [2.75, 3.05) is 58.3 Å². The number of para-hydroxylation sites is 4. The van der Waals surface area contributed by atoms with Gasteiger partial charge in [0.1, 0.15) is 42.0 Å². The van der Waals surface area contributed by atoms with Gasteiger partial charge in [0.05, 0.1) is 68.7 Å². The highest BCUT2D eigenvalue weighted by atomic mass is 35.5. The predicted molar refractivity (Wildman–Crippen MR) is 450 cm³/mol. The number of aliphatic imine (C=N–C) groups is 1. The number of phenolic OH excluding ortho intramolecular Hbond substituents is 1. The Morgan fingerprint density at radius 3 is 1.53 bits per heavy atom. The van der Waals surface area contributed by atoms with Crippen molar-refractivity contribution in [3.8, 4) is 28.7 Å². The molecule has 110 heavy (non-hydrogen) atoms. The molecule has 0 saturated carbocycles. The van der Waals surface area contributed by atoms with E-state index in [1.165, 1.54) is 21.5 Å². The number of amides is 4. The molecule has 2 aliphatic rings. The SMILES string of the molecule is O=C(Nc1ccc(Oc2ccc(NC(=O)Nc3ccccc3Cl)cc2)cc1)Nc1ccccc1Cl.O=C1CC(c2cccc(O)c2)Nc2ccc3ccccc3c21.O=[N+]([O-])c1ccc(C2CC(c3ccccc3)=Nc3ccccc3N2)cc1.[HH].[HH].[HH].[HH].c1ccc2cc(OCCOCCOc3ccc4ccccc4c3)ccc2c1. The lowest BCUT2D eigenvalue weighted by atomic mass is 9.89. The van der Waals surface area contributed by atoms with Crippen LogP contribution in [0, 0.1) is 10.1 Å². The van der Waals surface area contributed by atoms with Gasteiger partial charge in [-0.05, 0) is 176 Å². The Kier molecular flexibility index (Phi) is 24.9. The molecule has 7 N–H and O–H groups in total. The number of nitrogens with zero attached hydrogens (tertiary/aromatic N) is 2. The first-order valence-electron chi connectivity index (χ1n) is 35.4. The van der Waals surface area contributed by atoms with Crippen LogP contribution in [0.2, 0.25) is 10.0 Å². The van der Waals surface area contributed by atoms with Gasteiger partial charge < -0.3 is 56.0 Å². The molecular formula is C90H82Cl2N8O10. The highest BCUT2D eigenvalue weighted by Gasteiger charge is 2.28. The van der Waals surface area contributed by atoms with E-state index in [0.29, 0.717) is 83.6 Å². The number of rotatable bonds is 18. The second kappa shape index (κ2) is 36.7. The fourth-order valence-corrected chi connectivity index (χ4v) is 12.8. The second-order valence-electron chi connectivity index (χ2n) is 25.4. The van der Waals surface area contributed by atoms with E-state index in [1.54, 1.807) is 127 Å². The molecule has 0 aliphatic carbocycles. The molecule has 0 bridgehead atoms. The highest BCUT2D eigenvalue weighted by Crippen LogP contribution is 2.39. The molecule has 0 spiro atoms. The lowest BCUT2D eigenvalue weighted by Crippen LogP contribution is -2.23. The molecule has 2 atom stereocenters. The van der Waals surface area contributed by atoms with Gasteiger partial charge in [-0.2, -0.15) is 0 Å². The van der Waals surface area contributed by atoms with Crippen LogP contribution < -0.4 is 46.1 Å². The molecule has 20 heteroatoms. The van der Waals surface area contributed by atoms with Crippen LogP contribution in [0.15, 0.2) is 327 Å². The first-order chi connectivity index (χ1) is 53.8. The summed E-state index contributed by atoms with van der Waals surface area (Å²) in [7, 11) is 0. The maximum Gasteiger partial charge on any atom is 0.323 e.